The Bertz CT molecular complexity index is 620. The van der Waals surface area contributed by atoms with Crippen LogP contribution < -0.4 is 9.47 Å². The lowest BCUT2D eigenvalue weighted by Gasteiger charge is -2.12. The molecule has 2 aromatic carbocycles. The fourth-order valence-corrected chi connectivity index (χ4v) is 2.26. The Balaban J connectivity index is 2.17. The summed E-state index contributed by atoms with van der Waals surface area (Å²) in [6.45, 7) is 4.44. The van der Waals surface area contributed by atoms with Gasteiger partial charge in [-0.15, -0.1) is 0 Å². The highest BCUT2D eigenvalue weighted by Gasteiger charge is 2.08. The second-order valence-corrected chi connectivity index (χ2v) is 5.80. The minimum absolute atomic E-state index is 0.0357. The maximum Gasteiger partial charge on any atom is 0.159 e. The van der Waals surface area contributed by atoms with Crippen LogP contribution in [0.2, 0.25) is 0 Å². The molecule has 0 saturated carbocycles. The smallest absolute Gasteiger partial charge is 0.159 e. The molecule has 0 heterocycles. The predicted molar refractivity (Wildman–Crippen MR) is 91.1 cm³/mol. The number of hydrogen-bond acceptors (Lipinski definition) is 3. The van der Waals surface area contributed by atoms with Crippen LogP contribution in [0.25, 0.3) is 0 Å². The molecule has 0 radical (unpaired) electrons. The van der Waals surface area contributed by atoms with Crippen LogP contribution in [-0.4, -0.2) is 12.4 Å². The molecule has 0 fully saturated rings. The highest BCUT2D eigenvalue weighted by molar-refractivity contribution is 14.1. The van der Waals surface area contributed by atoms with Gasteiger partial charge in [-0.3, -0.25) is 4.79 Å². The van der Waals surface area contributed by atoms with Gasteiger partial charge in [-0.25, -0.2) is 0 Å². The lowest BCUT2D eigenvalue weighted by atomic mass is 10.1. The summed E-state index contributed by atoms with van der Waals surface area (Å²) in [6.07, 6.45) is 0. The third kappa shape index (κ3) is 4.46. The summed E-state index contributed by atoms with van der Waals surface area (Å²) in [5, 5.41) is 0. The lowest BCUT2D eigenvalue weighted by Crippen LogP contribution is -2.03. The molecule has 0 atom stereocenters. The highest BCUT2D eigenvalue weighted by atomic mass is 127. The maximum absolute atomic E-state index is 11.5. The highest BCUT2D eigenvalue weighted by Crippen LogP contribution is 2.23. The molecule has 110 valence electrons. The zero-order chi connectivity index (χ0) is 15.2. The van der Waals surface area contributed by atoms with Crippen LogP contribution in [0, 0.1) is 3.57 Å². The Hall–Kier alpha value is -1.56. The van der Waals surface area contributed by atoms with Crippen LogP contribution in [0.15, 0.2) is 42.5 Å². The van der Waals surface area contributed by atoms with Gasteiger partial charge in [0.1, 0.15) is 18.1 Å². The van der Waals surface area contributed by atoms with Crippen molar-refractivity contribution in [2.24, 2.45) is 0 Å². The van der Waals surface area contributed by atoms with Crippen molar-refractivity contribution in [2.75, 3.05) is 6.61 Å². The molecule has 0 unspecified atom stereocenters. The SMILES string of the molecule is CCOc1ccc(C(C)=O)cc1COc1ccc(I)cc1. The van der Waals surface area contributed by atoms with Crippen molar-refractivity contribution in [3.8, 4) is 11.5 Å². The number of rotatable bonds is 6. The topological polar surface area (TPSA) is 35.5 Å². The molecule has 2 rings (SSSR count). The van der Waals surface area contributed by atoms with Gasteiger partial charge < -0.3 is 9.47 Å². The molecule has 4 heteroatoms. The first-order valence-electron chi connectivity index (χ1n) is 6.75. The van der Waals surface area contributed by atoms with Crippen molar-refractivity contribution in [2.45, 2.75) is 20.5 Å². The van der Waals surface area contributed by atoms with E-state index in [1.165, 1.54) is 0 Å². The Kier molecular flexibility index (Phi) is 5.61. The zero-order valence-electron chi connectivity index (χ0n) is 12.1. The Morgan fingerprint density at radius 2 is 1.81 bits per heavy atom. The number of benzene rings is 2. The molecule has 0 bridgehead atoms. The van der Waals surface area contributed by atoms with Gasteiger partial charge in [0.2, 0.25) is 0 Å². The number of hydrogen-bond donors (Lipinski definition) is 0. The van der Waals surface area contributed by atoms with Crippen molar-refractivity contribution in [1.82, 2.24) is 0 Å². The van der Waals surface area contributed by atoms with Gasteiger partial charge in [-0.1, -0.05) is 0 Å². The van der Waals surface area contributed by atoms with Gasteiger partial charge in [0.15, 0.2) is 5.78 Å². The average molecular weight is 396 g/mol. The zero-order valence-corrected chi connectivity index (χ0v) is 14.2. The summed E-state index contributed by atoms with van der Waals surface area (Å²) in [5.74, 6) is 1.59. The Labute approximate surface area is 138 Å². The molecule has 0 saturated heterocycles. The summed E-state index contributed by atoms with van der Waals surface area (Å²) in [5.41, 5.74) is 1.54. The van der Waals surface area contributed by atoms with Gasteiger partial charge in [0, 0.05) is 14.7 Å². The quantitative estimate of drug-likeness (QED) is 0.534. The third-order valence-corrected chi connectivity index (χ3v) is 3.69. The second kappa shape index (κ2) is 7.45. The molecule has 0 amide bonds. The van der Waals surface area contributed by atoms with Crippen molar-refractivity contribution >= 4 is 28.4 Å². The summed E-state index contributed by atoms with van der Waals surface area (Å²) < 4.78 is 12.5. The number of carbonyl (C=O) groups excluding carboxylic acids is 1. The molecule has 0 aliphatic carbocycles. The van der Waals surface area contributed by atoms with Gasteiger partial charge in [-0.2, -0.15) is 0 Å². The normalized spacial score (nSPS) is 10.2. The van der Waals surface area contributed by atoms with Crippen LogP contribution in [0.4, 0.5) is 0 Å². The predicted octanol–water partition coefficient (Wildman–Crippen LogP) is 4.47. The second-order valence-electron chi connectivity index (χ2n) is 4.55. The number of carbonyl (C=O) groups is 1. The van der Waals surface area contributed by atoms with E-state index in [4.69, 9.17) is 9.47 Å². The Morgan fingerprint density at radius 3 is 2.43 bits per heavy atom. The van der Waals surface area contributed by atoms with Gasteiger partial charge >= 0.3 is 0 Å². The van der Waals surface area contributed by atoms with E-state index in [0.29, 0.717) is 18.8 Å². The summed E-state index contributed by atoms with van der Waals surface area (Å²) in [4.78, 5) is 11.5. The van der Waals surface area contributed by atoms with Crippen molar-refractivity contribution in [3.63, 3.8) is 0 Å². The van der Waals surface area contributed by atoms with Crippen LogP contribution in [0.3, 0.4) is 0 Å². The maximum atomic E-state index is 11.5. The van der Waals surface area contributed by atoms with Gasteiger partial charge in [0.05, 0.1) is 6.61 Å². The minimum Gasteiger partial charge on any atom is -0.493 e. The molecule has 2 aromatic rings. The first-order valence-corrected chi connectivity index (χ1v) is 7.83. The molecule has 0 aromatic heterocycles. The number of Topliss-reactive ketones (excluding diaryl/α,β-unsaturated/α-hetero) is 1. The van der Waals surface area contributed by atoms with Gasteiger partial charge in [0.25, 0.3) is 0 Å². The first-order chi connectivity index (χ1) is 10.1. The molecule has 3 nitrogen and oxygen atoms in total. The summed E-state index contributed by atoms with van der Waals surface area (Å²) in [7, 11) is 0. The van der Waals surface area contributed by atoms with Crippen LogP contribution in [0.5, 0.6) is 11.5 Å². The van der Waals surface area contributed by atoms with Crippen molar-refractivity contribution < 1.29 is 14.3 Å². The molecule has 0 aliphatic heterocycles. The minimum atomic E-state index is 0.0357. The Morgan fingerprint density at radius 1 is 1.10 bits per heavy atom. The lowest BCUT2D eigenvalue weighted by molar-refractivity contribution is 0.101. The first kappa shape index (κ1) is 15.8. The number of ketones is 1. The van der Waals surface area contributed by atoms with E-state index in [0.717, 1.165) is 20.6 Å². The van der Waals surface area contributed by atoms with E-state index < -0.39 is 0 Å². The summed E-state index contributed by atoms with van der Waals surface area (Å²) in [6, 6.07) is 13.3. The molecular weight excluding hydrogens is 379 g/mol. The van der Waals surface area contributed by atoms with E-state index in [1.807, 2.05) is 43.3 Å². The van der Waals surface area contributed by atoms with E-state index in [1.54, 1.807) is 13.0 Å². The van der Waals surface area contributed by atoms with Crippen LogP contribution in [-0.2, 0) is 6.61 Å². The third-order valence-electron chi connectivity index (χ3n) is 2.97. The molecular formula is C17H17IO3. The fourth-order valence-electron chi connectivity index (χ4n) is 1.90. The molecule has 21 heavy (non-hydrogen) atoms. The monoisotopic (exact) mass is 396 g/mol. The number of halogens is 1. The fraction of sp³-hybridized carbons (Fsp3) is 0.235. The number of ether oxygens (including phenoxy) is 2. The van der Waals surface area contributed by atoms with Gasteiger partial charge in [-0.05, 0) is 78.9 Å². The molecule has 0 spiro atoms. The molecule has 0 aliphatic rings. The van der Waals surface area contributed by atoms with Crippen molar-refractivity contribution in [1.29, 1.82) is 0 Å². The molecule has 0 N–H and O–H groups in total. The van der Waals surface area contributed by atoms with E-state index in [2.05, 4.69) is 22.6 Å². The standard InChI is InChI=1S/C17H17IO3/c1-3-20-17-9-4-13(12(2)19)10-14(17)11-21-16-7-5-15(18)6-8-16/h4-10H,3,11H2,1-2H3. The van der Waals surface area contributed by atoms with E-state index in [-0.39, 0.29) is 5.78 Å². The average Bonchev–Trinajstić information content (AvgIpc) is 2.48. The van der Waals surface area contributed by atoms with E-state index in [9.17, 15) is 4.79 Å². The van der Waals surface area contributed by atoms with E-state index >= 15 is 0 Å². The van der Waals surface area contributed by atoms with Crippen LogP contribution >= 0.6 is 22.6 Å². The largest absolute Gasteiger partial charge is 0.493 e. The van der Waals surface area contributed by atoms with Crippen LogP contribution in [0.1, 0.15) is 29.8 Å². The summed E-state index contributed by atoms with van der Waals surface area (Å²) >= 11 is 2.25. The van der Waals surface area contributed by atoms with Crippen molar-refractivity contribution in [3.05, 3.63) is 57.2 Å².